The van der Waals surface area contributed by atoms with Crippen LogP contribution in [0.5, 0.6) is 0 Å². The number of rotatable bonds is 0. The molecule has 0 bridgehead atoms. The van der Waals surface area contributed by atoms with Crippen LogP contribution in [0.25, 0.3) is 0 Å². The molecule has 0 amide bonds. The molecule has 1 nitrogen and oxygen atoms in total. The molecule has 0 radical (unpaired) electrons. The second-order valence-corrected chi connectivity index (χ2v) is 0.316. The van der Waals surface area contributed by atoms with Gasteiger partial charge < -0.3 is 6.53 Å². The third-order valence-electron chi connectivity index (χ3n) is 0. The van der Waals surface area contributed by atoms with E-state index in [0.29, 0.717) is 0 Å². The van der Waals surface area contributed by atoms with E-state index < -0.39 is 0 Å². The van der Waals surface area contributed by atoms with Gasteiger partial charge in [0.15, 0.2) is 34.7 Å². The summed E-state index contributed by atoms with van der Waals surface area (Å²) in [4.78, 5) is 0. The van der Waals surface area contributed by atoms with Gasteiger partial charge in [0.05, 0.1) is 0 Å². The quantitative estimate of drug-likeness (QED) is 0.312. The van der Waals surface area contributed by atoms with Crippen LogP contribution in [0.3, 0.4) is 0 Å². The minimum atomic E-state index is 0. The molecule has 0 saturated heterocycles. The van der Waals surface area contributed by atoms with Crippen LogP contribution in [0.4, 0.5) is 0 Å². The van der Waals surface area contributed by atoms with Crippen molar-refractivity contribution >= 4 is 34.7 Å². The van der Waals surface area contributed by atoms with Gasteiger partial charge in [-0.05, 0) is 6.92 Å². The van der Waals surface area contributed by atoms with Gasteiger partial charge in [-0.25, -0.2) is 0 Å². The normalized spacial score (nSPS) is 3.00. The molecule has 0 aromatic rings. The fraction of sp³-hybridized carbons (Fsp3) is 1.00. The molecule has 0 spiro atoms. The average molecular weight is 114 g/mol. The zero-order valence-electron chi connectivity index (χ0n) is 4.15. The maximum absolute atomic E-state index is 7.57. The van der Waals surface area contributed by atoms with Crippen LogP contribution in [0.15, 0.2) is 0 Å². The first kappa shape index (κ1) is 25.5. The molecule has 0 atom stereocenters. The molecule has 0 aliphatic rings. The second-order valence-electron chi connectivity index (χ2n) is 0.316. The SMILES string of the molecule is CCO.[AlH3].[AlH3].[H-].[Li+]. The van der Waals surface area contributed by atoms with E-state index in [1.54, 1.807) is 6.92 Å². The summed E-state index contributed by atoms with van der Waals surface area (Å²) in [7, 11) is 0. The van der Waals surface area contributed by atoms with E-state index in [4.69, 9.17) is 5.11 Å². The number of aliphatic hydroxyl groups excluding tert-OH is 1. The Morgan fingerprint density at radius 1 is 1.50 bits per heavy atom. The third-order valence-corrected chi connectivity index (χ3v) is 0. The Labute approximate surface area is 73.4 Å². The van der Waals surface area contributed by atoms with Crippen molar-refractivity contribution in [1.29, 1.82) is 0 Å². The molecule has 0 aliphatic carbocycles. The molecule has 0 saturated carbocycles. The third kappa shape index (κ3) is 45.6. The van der Waals surface area contributed by atoms with Crippen LogP contribution in [0, 0.1) is 0 Å². The van der Waals surface area contributed by atoms with E-state index in [0.717, 1.165) is 0 Å². The standard InChI is InChI=1S/C2H6O.2Al.Li.7H/c1-2-3;;;;;;;;;;/h3H,2H2,1H3;;;;;;;;;;/q;;;+1;;;;;;;-1. The van der Waals surface area contributed by atoms with Crippen LogP contribution in [-0.4, -0.2) is 46.4 Å². The zero-order chi connectivity index (χ0) is 2.71. The predicted octanol–water partition coefficient (Wildman–Crippen LogP) is -5.25. The topological polar surface area (TPSA) is 20.2 Å². The van der Waals surface area contributed by atoms with E-state index in [-0.39, 0.29) is 61.6 Å². The summed E-state index contributed by atoms with van der Waals surface area (Å²) >= 11 is 0. The fourth-order valence-electron chi connectivity index (χ4n) is 0. The molecule has 0 rings (SSSR count). The van der Waals surface area contributed by atoms with Crippen LogP contribution in [0.2, 0.25) is 0 Å². The van der Waals surface area contributed by atoms with Gasteiger partial charge >= 0.3 is 18.9 Å². The molecule has 4 heteroatoms. The smallest absolute Gasteiger partial charge is 1.00 e. The van der Waals surface area contributed by atoms with Gasteiger partial charge in [0.1, 0.15) is 0 Å². The Hall–Kier alpha value is 1.62. The maximum atomic E-state index is 7.57. The summed E-state index contributed by atoms with van der Waals surface area (Å²) in [5.74, 6) is 0. The van der Waals surface area contributed by atoms with Crippen LogP contribution in [0.1, 0.15) is 8.35 Å². The summed E-state index contributed by atoms with van der Waals surface area (Å²) in [6.07, 6.45) is 0. The van der Waals surface area contributed by atoms with Gasteiger partial charge in [0.2, 0.25) is 0 Å². The largest absolute Gasteiger partial charge is 1.00 e. The van der Waals surface area contributed by atoms with Gasteiger partial charge in [-0.2, -0.15) is 0 Å². The molecular weight excluding hydrogens is 101 g/mol. The maximum Gasteiger partial charge on any atom is 1.00 e. The Morgan fingerprint density at radius 3 is 1.50 bits per heavy atom. The van der Waals surface area contributed by atoms with Gasteiger partial charge in [0, 0.05) is 6.61 Å². The van der Waals surface area contributed by atoms with Crippen molar-refractivity contribution in [3.63, 3.8) is 0 Å². The summed E-state index contributed by atoms with van der Waals surface area (Å²) < 4.78 is 0. The molecule has 0 aliphatic heterocycles. The van der Waals surface area contributed by atoms with Gasteiger partial charge in [-0.1, -0.05) is 0 Å². The van der Waals surface area contributed by atoms with E-state index in [1.165, 1.54) is 0 Å². The molecular formula is C2H13Al2LiO. The fourth-order valence-corrected chi connectivity index (χ4v) is 0. The van der Waals surface area contributed by atoms with Gasteiger partial charge in [-0.15, -0.1) is 0 Å². The van der Waals surface area contributed by atoms with E-state index in [1.807, 2.05) is 0 Å². The molecule has 0 heterocycles. The number of hydrogen-bond acceptors (Lipinski definition) is 1. The second kappa shape index (κ2) is 30.4. The number of hydrogen-bond donors (Lipinski definition) is 1. The summed E-state index contributed by atoms with van der Waals surface area (Å²) in [6, 6.07) is 0. The monoisotopic (exact) mass is 114 g/mol. The minimum absolute atomic E-state index is 0. The Balaban J connectivity index is -0.00000000333. The first-order valence-electron chi connectivity index (χ1n) is 1.02. The number of aliphatic hydroxyl groups is 1. The zero-order valence-corrected chi connectivity index (χ0v) is 3.15. The predicted molar refractivity (Wildman–Crippen MR) is 33.7 cm³/mol. The molecule has 0 fully saturated rings. The Bertz CT molecular complexity index is 15.7. The first-order valence-corrected chi connectivity index (χ1v) is 1.02. The van der Waals surface area contributed by atoms with Crippen molar-refractivity contribution < 1.29 is 25.4 Å². The van der Waals surface area contributed by atoms with E-state index in [9.17, 15) is 0 Å². The molecule has 6 heavy (non-hydrogen) atoms. The molecule has 34 valence electrons. The van der Waals surface area contributed by atoms with E-state index >= 15 is 0 Å². The minimum Gasteiger partial charge on any atom is -1.00 e. The first-order chi connectivity index (χ1) is 1.41. The van der Waals surface area contributed by atoms with Crippen molar-refractivity contribution in [2.45, 2.75) is 6.92 Å². The summed E-state index contributed by atoms with van der Waals surface area (Å²) in [5, 5.41) is 7.57. The Kier molecular flexibility index (Phi) is 129. The van der Waals surface area contributed by atoms with Gasteiger partial charge in [0.25, 0.3) is 0 Å². The Morgan fingerprint density at radius 2 is 1.50 bits per heavy atom. The van der Waals surface area contributed by atoms with Crippen molar-refractivity contribution in [2.75, 3.05) is 6.61 Å². The van der Waals surface area contributed by atoms with E-state index in [2.05, 4.69) is 0 Å². The van der Waals surface area contributed by atoms with Crippen LogP contribution >= 0.6 is 0 Å². The van der Waals surface area contributed by atoms with Gasteiger partial charge in [-0.3, -0.25) is 0 Å². The molecule has 0 aromatic heterocycles. The van der Waals surface area contributed by atoms with Crippen molar-refractivity contribution in [3.05, 3.63) is 0 Å². The average Bonchev–Trinajstić information content (AvgIpc) is 0.918. The van der Waals surface area contributed by atoms with Crippen LogP contribution in [-0.2, 0) is 0 Å². The molecule has 0 unspecified atom stereocenters. The molecule has 1 N–H and O–H groups in total. The van der Waals surface area contributed by atoms with Crippen LogP contribution < -0.4 is 18.9 Å². The van der Waals surface area contributed by atoms with Crippen molar-refractivity contribution in [1.82, 2.24) is 0 Å². The summed E-state index contributed by atoms with van der Waals surface area (Å²) in [6.45, 7) is 1.93. The molecule has 0 aromatic carbocycles. The summed E-state index contributed by atoms with van der Waals surface area (Å²) in [5.41, 5.74) is 0. The van der Waals surface area contributed by atoms with Crippen molar-refractivity contribution in [3.8, 4) is 0 Å². The van der Waals surface area contributed by atoms with Crippen molar-refractivity contribution in [2.24, 2.45) is 0 Å².